The molecular weight excluding hydrogens is 497 g/mol. The van der Waals surface area contributed by atoms with Crippen molar-refractivity contribution >= 4 is 28.7 Å². The van der Waals surface area contributed by atoms with E-state index in [1.54, 1.807) is 12.3 Å². The van der Waals surface area contributed by atoms with Gasteiger partial charge in [0.15, 0.2) is 5.65 Å². The number of rotatable bonds is 7. The van der Waals surface area contributed by atoms with E-state index in [2.05, 4.69) is 20.2 Å². The lowest BCUT2D eigenvalue weighted by atomic mass is 9.92. The van der Waals surface area contributed by atoms with Crippen molar-refractivity contribution in [1.29, 1.82) is 0 Å². The molecule has 1 aliphatic carbocycles. The van der Waals surface area contributed by atoms with E-state index in [0.29, 0.717) is 54.5 Å². The van der Waals surface area contributed by atoms with Crippen LogP contribution in [0.4, 0.5) is 23.7 Å². The van der Waals surface area contributed by atoms with Gasteiger partial charge >= 0.3 is 12.2 Å². The monoisotopic (exact) mass is 520 g/mol. The van der Waals surface area contributed by atoms with Crippen molar-refractivity contribution in [2.45, 2.75) is 44.0 Å². The lowest BCUT2D eigenvalue weighted by Gasteiger charge is -2.33. The summed E-state index contributed by atoms with van der Waals surface area (Å²) in [6.07, 6.45) is 0.672. The van der Waals surface area contributed by atoms with E-state index in [1.807, 2.05) is 0 Å². The fraction of sp³-hybridized carbons (Fsp3) is 0.435. The van der Waals surface area contributed by atoms with Crippen LogP contribution >= 0.6 is 0 Å². The Hall–Kier alpha value is -3.94. The molecule has 1 aliphatic heterocycles. The quantitative estimate of drug-likeness (QED) is 0.455. The summed E-state index contributed by atoms with van der Waals surface area (Å²) < 4.78 is 50.6. The lowest BCUT2D eigenvalue weighted by molar-refractivity contribution is -0.137. The highest BCUT2D eigenvalue weighted by atomic mass is 19.4. The molecule has 0 bridgehead atoms. The van der Waals surface area contributed by atoms with Crippen LogP contribution in [0.2, 0.25) is 0 Å². The summed E-state index contributed by atoms with van der Waals surface area (Å²) in [5, 5.41) is 16.3. The molecule has 2 aliphatic rings. The molecular formula is C23H23F3N6O5. The predicted octanol–water partition coefficient (Wildman–Crippen LogP) is 2.90. The van der Waals surface area contributed by atoms with E-state index >= 15 is 0 Å². The first-order valence-corrected chi connectivity index (χ1v) is 11.6. The van der Waals surface area contributed by atoms with Crippen LogP contribution in [0.3, 0.4) is 0 Å². The van der Waals surface area contributed by atoms with Gasteiger partial charge in [0.05, 0.1) is 41.7 Å². The van der Waals surface area contributed by atoms with E-state index in [0.717, 1.165) is 22.1 Å². The molecule has 0 radical (unpaired) electrons. The average Bonchev–Trinajstić information content (AvgIpc) is 3.42. The number of nitrogens with zero attached hydrogens (tertiary/aromatic N) is 5. The molecule has 2 fully saturated rings. The number of aliphatic hydroxyl groups is 1. The van der Waals surface area contributed by atoms with Crippen LogP contribution in [0.5, 0.6) is 11.6 Å². The van der Waals surface area contributed by atoms with Crippen LogP contribution in [0.1, 0.15) is 31.2 Å². The molecule has 3 aromatic rings. The molecule has 14 heteroatoms. The highest BCUT2D eigenvalue weighted by molar-refractivity contribution is 6.12. The van der Waals surface area contributed by atoms with Gasteiger partial charge in [0, 0.05) is 12.2 Å². The number of hydrogen-bond donors (Lipinski definition) is 2. The zero-order chi connectivity index (χ0) is 26.2. The van der Waals surface area contributed by atoms with Gasteiger partial charge in [-0.2, -0.15) is 13.2 Å². The number of hydrogen-bond acceptors (Lipinski definition) is 8. The van der Waals surface area contributed by atoms with Crippen molar-refractivity contribution in [3.05, 3.63) is 36.3 Å². The highest BCUT2D eigenvalue weighted by Gasteiger charge is 2.43. The van der Waals surface area contributed by atoms with Crippen molar-refractivity contribution in [3.8, 4) is 11.6 Å². The maximum absolute atomic E-state index is 13.1. The van der Waals surface area contributed by atoms with Crippen molar-refractivity contribution < 1.29 is 37.3 Å². The maximum Gasteiger partial charge on any atom is 0.417 e. The van der Waals surface area contributed by atoms with Gasteiger partial charge in [-0.05, 0) is 37.8 Å². The van der Waals surface area contributed by atoms with Crippen molar-refractivity contribution in [1.82, 2.24) is 25.1 Å². The van der Waals surface area contributed by atoms with Gasteiger partial charge < -0.3 is 14.6 Å². The summed E-state index contributed by atoms with van der Waals surface area (Å²) in [4.78, 5) is 35.7. The van der Waals surface area contributed by atoms with Gasteiger partial charge in [-0.3, -0.25) is 24.7 Å². The topological polar surface area (TPSA) is 134 Å². The number of pyridine rings is 2. The largest absolute Gasteiger partial charge is 0.489 e. The number of amides is 3. The Morgan fingerprint density at radius 3 is 2.62 bits per heavy atom. The smallest absolute Gasteiger partial charge is 0.417 e. The van der Waals surface area contributed by atoms with E-state index in [9.17, 15) is 22.8 Å². The molecule has 0 atom stereocenters. The number of halogens is 3. The molecule has 1 saturated carbocycles. The number of H-pyrrole nitrogens is 1. The number of carbonyl (C=O) groups excluding carboxylic acids is 2. The van der Waals surface area contributed by atoms with Gasteiger partial charge in [-0.25, -0.2) is 9.78 Å². The van der Waals surface area contributed by atoms with Crippen LogP contribution < -0.4 is 14.4 Å². The van der Waals surface area contributed by atoms with Gasteiger partial charge in [-0.1, -0.05) is 0 Å². The minimum Gasteiger partial charge on any atom is -0.489 e. The maximum atomic E-state index is 13.1. The Kier molecular flexibility index (Phi) is 6.58. The van der Waals surface area contributed by atoms with Gasteiger partial charge in [0.25, 0.3) is 5.91 Å². The van der Waals surface area contributed by atoms with E-state index < -0.39 is 23.7 Å². The first kappa shape index (κ1) is 24.7. The molecule has 11 nitrogen and oxygen atoms in total. The SMILES string of the molecule is O=C1CN(c2cncc(C(F)(F)F)c2)C(=O)N1C1CCC(Oc2cnc3[nH]nc(OCCO)c3c2)CC1. The summed E-state index contributed by atoms with van der Waals surface area (Å²) in [5.74, 6) is 0.344. The van der Waals surface area contributed by atoms with Crippen LogP contribution in [0, 0.1) is 0 Å². The predicted molar refractivity (Wildman–Crippen MR) is 122 cm³/mol. The Morgan fingerprint density at radius 2 is 1.89 bits per heavy atom. The number of aromatic nitrogens is 4. The van der Waals surface area contributed by atoms with Crippen LogP contribution in [0.15, 0.2) is 30.7 Å². The van der Waals surface area contributed by atoms with E-state index in [1.165, 1.54) is 0 Å². The van der Waals surface area contributed by atoms with Gasteiger partial charge in [-0.15, -0.1) is 5.10 Å². The zero-order valence-corrected chi connectivity index (χ0v) is 19.4. The number of anilines is 1. The number of urea groups is 1. The first-order valence-electron chi connectivity index (χ1n) is 11.6. The molecule has 0 aromatic carbocycles. The molecule has 0 spiro atoms. The second kappa shape index (κ2) is 9.84. The average molecular weight is 520 g/mol. The highest BCUT2D eigenvalue weighted by Crippen LogP contribution is 2.34. The summed E-state index contributed by atoms with van der Waals surface area (Å²) in [5.41, 5.74) is -0.552. The molecule has 5 rings (SSSR count). The fourth-order valence-electron chi connectivity index (χ4n) is 4.60. The summed E-state index contributed by atoms with van der Waals surface area (Å²) in [7, 11) is 0. The summed E-state index contributed by atoms with van der Waals surface area (Å²) >= 11 is 0. The van der Waals surface area contributed by atoms with Crippen LogP contribution in [-0.4, -0.2) is 74.0 Å². The number of aliphatic hydroxyl groups excluding tert-OH is 1. The Morgan fingerprint density at radius 1 is 1.11 bits per heavy atom. The van der Waals surface area contributed by atoms with E-state index in [-0.39, 0.29) is 37.6 Å². The third kappa shape index (κ3) is 5.01. The van der Waals surface area contributed by atoms with Crippen LogP contribution in [0.25, 0.3) is 11.0 Å². The molecule has 196 valence electrons. The van der Waals surface area contributed by atoms with Crippen molar-refractivity contribution in [2.24, 2.45) is 0 Å². The van der Waals surface area contributed by atoms with Gasteiger partial charge in [0.1, 0.15) is 18.9 Å². The second-order valence-corrected chi connectivity index (χ2v) is 8.78. The fourth-order valence-corrected chi connectivity index (χ4v) is 4.60. The second-order valence-electron chi connectivity index (χ2n) is 8.78. The normalized spacial score (nSPS) is 20.6. The number of nitrogens with one attached hydrogen (secondary N) is 1. The zero-order valence-electron chi connectivity index (χ0n) is 19.4. The standard InChI is InChI=1S/C23H23F3N6O5/c24-23(25,26)13-7-15(10-27-9-13)31-12-19(34)32(22(31)35)14-1-3-16(4-2-14)37-17-8-18-20(28-11-17)29-30-21(18)36-6-5-33/h7-11,14,16,33H,1-6,12H2,(H,28,29,30). The number of fused-ring (bicyclic) bond motifs is 1. The molecule has 3 aromatic heterocycles. The molecule has 4 heterocycles. The number of imide groups is 1. The Bertz CT molecular complexity index is 1310. The number of carbonyl (C=O) groups is 2. The molecule has 3 amide bonds. The summed E-state index contributed by atoms with van der Waals surface area (Å²) in [6.45, 7) is -0.405. The van der Waals surface area contributed by atoms with Crippen LogP contribution in [-0.2, 0) is 11.0 Å². The van der Waals surface area contributed by atoms with Crippen molar-refractivity contribution in [2.75, 3.05) is 24.7 Å². The number of ether oxygens (including phenoxy) is 2. The lowest BCUT2D eigenvalue weighted by Crippen LogP contribution is -2.44. The Balaban J connectivity index is 1.22. The molecule has 1 saturated heterocycles. The third-order valence-electron chi connectivity index (χ3n) is 6.36. The molecule has 2 N–H and O–H groups in total. The molecule has 0 unspecified atom stereocenters. The molecule has 37 heavy (non-hydrogen) atoms. The first-order chi connectivity index (χ1) is 17.7. The minimum atomic E-state index is -4.61. The van der Waals surface area contributed by atoms with Gasteiger partial charge in [0.2, 0.25) is 5.88 Å². The summed E-state index contributed by atoms with van der Waals surface area (Å²) in [6, 6.07) is 1.52. The number of alkyl halides is 3. The minimum absolute atomic E-state index is 0.0721. The third-order valence-corrected chi connectivity index (χ3v) is 6.36. The Labute approximate surface area is 208 Å². The number of aromatic amines is 1. The van der Waals surface area contributed by atoms with E-state index in [4.69, 9.17) is 14.6 Å². The van der Waals surface area contributed by atoms with Crippen molar-refractivity contribution in [3.63, 3.8) is 0 Å².